The van der Waals surface area contributed by atoms with Gasteiger partial charge in [0, 0.05) is 18.8 Å². The molecular formula is C13H12F3N3O. The molecule has 0 bridgehead atoms. The van der Waals surface area contributed by atoms with Gasteiger partial charge in [0.05, 0.1) is 17.4 Å². The molecule has 2 aromatic rings. The third-order valence-electron chi connectivity index (χ3n) is 2.54. The molecule has 0 atom stereocenters. The molecule has 0 fully saturated rings. The maximum Gasteiger partial charge on any atom is 0.416 e. The van der Waals surface area contributed by atoms with E-state index in [0.717, 1.165) is 17.7 Å². The third-order valence-corrected chi connectivity index (χ3v) is 2.54. The number of carbonyl (C=O) groups excluding carboxylic acids is 1. The molecule has 1 aromatic carbocycles. The summed E-state index contributed by atoms with van der Waals surface area (Å²) in [5.74, 6) is -0.438. The number of alkyl halides is 3. The van der Waals surface area contributed by atoms with Crippen LogP contribution in [0.4, 0.5) is 18.9 Å². The van der Waals surface area contributed by atoms with Gasteiger partial charge in [-0.25, -0.2) is 4.68 Å². The van der Waals surface area contributed by atoms with Crippen LogP contribution in [0.25, 0.3) is 5.69 Å². The second kappa shape index (κ2) is 4.99. The minimum atomic E-state index is -4.49. The molecule has 4 nitrogen and oxygen atoms in total. The Bertz CT molecular complexity index is 647. The molecule has 0 radical (unpaired) electrons. The van der Waals surface area contributed by atoms with Crippen molar-refractivity contribution in [2.45, 2.75) is 20.0 Å². The van der Waals surface area contributed by atoms with Crippen molar-refractivity contribution in [3.8, 4) is 5.69 Å². The van der Waals surface area contributed by atoms with E-state index >= 15 is 0 Å². The van der Waals surface area contributed by atoms with E-state index in [-0.39, 0.29) is 11.4 Å². The van der Waals surface area contributed by atoms with Crippen LogP contribution in [-0.2, 0) is 11.0 Å². The van der Waals surface area contributed by atoms with Gasteiger partial charge in [0.2, 0.25) is 5.91 Å². The van der Waals surface area contributed by atoms with Gasteiger partial charge >= 0.3 is 6.18 Å². The summed E-state index contributed by atoms with van der Waals surface area (Å²) < 4.78 is 39.9. The first-order valence-corrected chi connectivity index (χ1v) is 5.77. The van der Waals surface area contributed by atoms with Crippen LogP contribution in [0, 0.1) is 6.92 Å². The number of halogens is 3. The van der Waals surface area contributed by atoms with Crippen LogP contribution >= 0.6 is 0 Å². The summed E-state index contributed by atoms with van der Waals surface area (Å²) >= 11 is 0. The Morgan fingerprint density at radius 1 is 1.30 bits per heavy atom. The predicted octanol–water partition coefficient (Wildman–Crippen LogP) is 3.16. The highest BCUT2D eigenvalue weighted by molar-refractivity contribution is 5.89. The molecule has 0 aliphatic rings. The van der Waals surface area contributed by atoms with Crippen LogP contribution in [0.15, 0.2) is 30.6 Å². The van der Waals surface area contributed by atoms with Gasteiger partial charge in [-0.05, 0) is 30.7 Å². The molecule has 1 N–H and O–H groups in total. The Labute approximate surface area is 113 Å². The van der Waals surface area contributed by atoms with Crippen molar-refractivity contribution in [1.82, 2.24) is 9.78 Å². The topological polar surface area (TPSA) is 46.9 Å². The van der Waals surface area contributed by atoms with E-state index in [9.17, 15) is 18.0 Å². The average molecular weight is 283 g/mol. The maximum absolute atomic E-state index is 12.9. The number of carbonyl (C=O) groups is 1. The number of rotatable bonds is 2. The minimum absolute atomic E-state index is 0.0791. The number of anilines is 1. The second-order valence-electron chi connectivity index (χ2n) is 4.41. The molecule has 0 aliphatic carbocycles. The van der Waals surface area contributed by atoms with Gasteiger partial charge in [-0.3, -0.25) is 4.79 Å². The van der Waals surface area contributed by atoms with Crippen LogP contribution in [0.1, 0.15) is 18.1 Å². The van der Waals surface area contributed by atoms with Crippen LogP contribution in [0.3, 0.4) is 0 Å². The lowest BCUT2D eigenvalue weighted by Crippen LogP contribution is -2.11. The number of aryl methyl sites for hydroxylation is 1. The quantitative estimate of drug-likeness (QED) is 0.920. The molecule has 0 unspecified atom stereocenters. The molecule has 1 aromatic heterocycles. The maximum atomic E-state index is 12.9. The van der Waals surface area contributed by atoms with E-state index in [2.05, 4.69) is 10.4 Å². The molecule has 20 heavy (non-hydrogen) atoms. The monoisotopic (exact) mass is 283 g/mol. The lowest BCUT2D eigenvalue weighted by atomic mass is 10.1. The summed E-state index contributed by atoms with van der Waals surface area (Å²) in [5.41, 5.74) is 0.294. The number of nitrogens with zero attached hydrogens (tertiary/aromatic N) is 2. The molecule has 0 spiro atoms. The number of aromatic nitrogens is 2. The Balaban J connectivity index is 2.53. The van der Waals surface area contributed by atoms with Gasteiger partial charge in [0.1, 0.15) is 0 Å². The number of hydrogen-bond acceptors (Lipinski definition) is 2. The Kier molecular flexibility index (Phi) is 3.52. The summed E-state index contributed by atoms with van der Waals surface area (Å²) in [4.78, 5) is 11.0. The lowest BCUT2D eigenvalue weighted by Gasteiger charge is -2.12. The largest absolute Gasteiger partial charge is 0.416 e. The van der Waals surface area contributed by atoms with Crippen LogP contribution in [0.2, 0.25) is 0 Å². The molecule has 1 amide bonds. The van der Waals surface area contributed by atoms with Crippen LogP contribution in [0.5, 0.6) is 0 Å². The molecule has 0 aliphatic heterocycles. The van der Waals surface area contributed by atoms with E-state index in [0.29, 0.717) is 0 Å². The first-order chi connectivity index (χ1) is 9.25. The Morgan fingerprint density at radius 3 is 2.50 bits per heavy atom. The fourth-order valence-corrected chi connectivity index (χ4v) is 1.74. The summed E-state index contributed by atoms with van der Waals surface area (Å²) in [6.45, 7) is 3.02. The fraction of sp³-hybridized carbons (Fsp3) is 0.231. The van der Waals surface area contributed by atoms with Crippen molar-refractivity contribution in [3.63, 3.8) is 0 Å². The molecule has 1 heterocycles. The van der Waals surface area contributed by atoms with Crippen molar-refractivity contribution >= 4 is 11.6 Å². The SMILES string of the molecule is CC(=O)Nc1cc(-n2cc(C)cn2)cc(C(F)(F)F)c1. The minimum Gasteiger partial charge on any atom is -0.326 e. The third kappa shape index (κ3) is 3.17. The molecule has 2 rings (SSSR count). The van der Waals surface area contributed by atoms with Gasteiger partial charge in [-0.2, -0.15) is 18.3 Å². The molecule has 7 heteroatoms. The number of amides is 1. The zero-order chi connectivity index (χ0) is 14.9. The van der Waals surface area contributed by atoms with Gasteiger partial charge in [0.15, 0.2) is 0 Å². The number of benzene rings is 1. The summed E-state index contributed by atoms with van der Waals surface area (Å²) in [6, 6.07) is 3.31. The molecule has 0 saturated carbocycles. The first kappa shape index (κ1) is 14.1. The lowest BCUT2D eigenvalue weighted by molar-refractivity contribution is -0.137. The van der Waals surface area contributed by atoms with Crippen LogP contribution in [-0.4, -0.2) is 15.7 Å². The van der Waals surface area contributed by atoms with Crippen molar-refractivity contribution in [1.29, 1.82) is 0 Å². The van der Waals surface area contributed by atoms with E-state index in [1.54, 1.807) is 19.3 Å². The summed E-state index contributed by atoms with van der Waals surface area (Å²) in [7, 11) is 0. The Hall–Kier alpha value is -2.31. The Morgan fingerprint density at radius 2 is 2.00 bits per heavy atom. The smallest absolute Gasteiger partial charge is 0.326 e. The normalized spacial score (nSPS) is 11.4. The highest BCUT2D eigenvalue weighted by atomic mass is 19.4. The number of nitrogens with one attached hydrogen (secondary N) is 1. The molecular weight excluding hydrogens is 271 g/mol. The molecule has 106 valence electrons. The van der Waals surface area contributed by atoms with Gasteiger partial charge in [0.25, 0.3) is 0 Å². The van der Waals surface area contributed by atoms with Crippen molar-refractivity contribution in [2.75, 3.05) is 5.32 Å². The highest BCUT2D eigenvalue weighted by Gasteiger charge is 2.31. The second-order valence-corrected chi connectivity index (χ2v) is 4.41. The summed E-state index contributed by atoms with van der Waals surface area (Å²) in [5, 5.41) is 6.32. The standard InChI is InChI=1S/C13H12F3N3O/c1-8-6-17-19(7-8)12-4-10(13(14,15)16)3-11(5-12)18-9(2)20/h3-7H,1-2H3,(H,18,20). The van der Waals surface area contributed by atoms with Crippen molar-refractivity contribution < 1.29 is 18.0 Å². The van der Waals surface area contributed by atoms with E-state index < -0.39 is 17.6 Å². The highest BCUT2D eigenvalue weighted by Crippen LogP contribution is 2.32. The fourth-order valence-electron chi connectivity index (χ4n) is 1.74. The zero-order valence-electron chi connectivity index (χ0n) is 10.8. The predicted molar refractivity (Wildman–Crippen MR) is 67.6 cm³/mol. The van der Waals surface area contributed by atoms with Crippen molar-refractivity contribution in [3.05, 3.63) is 41.7 Å². The van der Waals surface area contributed by atoms with Crippen molar-refractivity contribution in [2.24, 2.45) is 0 Å². The van der Waals surface area contributed by atoms with E-state index in [4.69, 9.17) is 0 Å². The zero-order valence-corrected chi connectivity index (χ0v) is 10.8. The van der Waals surface area contributed by atoms with E-state index in [1.807, 2.05) is 0 Å². The van der Waals surface area contributed by atoms with Gasteiger partial charge in [-0.15, -0.1) is 0 Å². The number of hydrogen-bond donors (Lipinski definition) is 1. The van der Waals surface area contributed by atoms with Gasteiger partial charge in [-0.1, -0.05) is 0 Å². The van der Waals surface area contributed by atoms with E-state index in [1.165, 1.54) is 17.7 Å². The first-order valence-electron chi connectivity index (χ1n) is 5.77. The van der Waals surface area contributed by atoms with Crippen LogP contribution < -0.4 is 5.32 Å². The average Bonchev–Trinajstić information content (AvgIpc) is 2.73. The summed E-state index contributed by atoms with van der Waals surface area (Å²) in [6.07, 6.45) is -1.35. The van der Waals surface area contributed by atoms with Gasteiger partial charge < -0.3 is 5.32 Å². The molecule has 0 saturated heterocycles.